The molecule has 2 heterocycles. The lowest BCUT2D eigenvalue weighted by Crippen LogP contribution is -2.30. The third-order valence-corrected chi connectivity index (χ3v) is 6.98. The molecule has 1 N–H and O–H groups in total. The van der Waals surface area contributed by atoms with Crippen LogP contribution in [0, 0.1) is 0 Å². The van der Waals surface area contributed by atoms with Crippen molar-refractivity contribution in [3.63, 3.8) is 0 Å². The summed E-state index contributed by atoms with van der Waals surface area (Å²) in [7, 11) is 1.67. The molecule has 1 fully saturated rings. The quantitative estimate of drug-likeness (QED) is 0.468. The first kappa shape index (κ1) is 21.8. The van der Waals surface area contributed by atoms with Crippen LogP contribution in [0.25, 0.3) is 10.9 Å². The van der Waals surface area contributed by atoms with Gasteiger partial charge >= 0.3 is 0 Å². The summed E-state index contributed by atoms with van der Waals surface area (Å²) in [4.78, 5) is 19.0. The third kappa shape index (κ3) is 5.08. The molecule has 1 aliphatic heterocycles. The molecule has 4 rings (SSSR count). The van der Waals surface area contributed by atoms with Crippen LogP contribution in [0.1, 0.15) is 30.7 Å². The lowest BCUT2D eigenvalue weighted by atomic mass is 10.1. The Balaban J connectivity index is 1.38. The number of ether oxygens (including phenoxy) is 1. The maximum Gasteiger partial charge on any atom is 0.233 e. The molecule has 0 spiro atoms. The standard InChI is InChI=1S/C24H26ClN3O2S/c1-16(27-21-14-20(30-2)13-18-6-3-11-26-23(18)21)5-4-12-28-22(29)15-31-24(28)17-7-9-19(25)10-8-17/h3,6-11,13-14,16,24,27H,4-5,12,15H2,1-2H3. The zero-order chi connectivity index (χ0) is 21.8. The van der Waals surface area contributed by atoms with Gasteiger partial charge in [-0.05, 0) is 49.6 Å². The fraction of sp³-hybridized carbons (Fsp3) is 0.333. The predicted molar refractivity (Wildman–Crippen MR) is 129 cm³/mol. The Labute approximate surface area is 192 Å². The fourth-order valence-corrected chi connectivity index (χ4v) is 5.24. The van der Waals surface area contributed by atoms with Crippen molar-refractivity contribution in [3.8, 4) is 5.75 Å². The van der Waals surface area contributed by atoms with Crippen LogP contribution in [-0.2, 0) is 4.79 Å². The number of thioether (sulfide) groups is 1. The second-order valence-corrected chi connectivity index (χ2v) is 9.24. The normalized spacial score (nSPS) is 17.2. The zero-order valence-electron chi connectivity index (χ0n) is 17.7. The molecule has 162 valence electrons. The zero-order valence-corrected chi connectivity index (χ0v) is 19.2. The molecule has 5 nitrogen and oxygen atoms in total. The number of benzene rings is 2. The first-order valence-corrected chi connectivity index (χ1v) is 11.8. The van der Waals surface area contributed by atoms with Crippen molar-refractivity contribution in [1.29, 1.82) is 0 Å². The smallest absolute Gasteiger partial charge is 0.233 e. The predicted octanol–water partition coefficient (Wildman–Crippen LogP) is 5.75. The van der Waals surface area contributed by atoms with Gasteiger partial charge in [-0.25, -0.2) is 0 Å². The number of aromatic nitrogens is 1. The Kier molecular flexibility index (Phi) is 6.88. The fourth-order valence-electron chi connectivity index (χ4n) is 3.90. The highest BCUT2D eigenvalue weighted by Gasteiger charge is 2.32. The monoisotopic (exact) mass is 455 g/mol. The summed E-state index contributed by atoms with van der Waals surface area (Å²) in [5.41, 5.74) is 3.03. The van der Waals surface area contributed by atoms with Crippen LogP contribution >= 0.6 is 23.4 Å². The van der Waals surface area contributed by atoms with Gasteiger partial charge in [0.05, 0.1) is 24.1 Å². The van der Waals surface area contributed by atoms with E-state index in [0.717, 1.165) is 47.3 Å². The molecule has 3 aromatic rings. The summed E-state index contributed by atoms with van der Waals surface area (Å²) in [6.45, 7) is 2.90. The maximum atomic E-state index is 12.4. The van der Waals surface area contributed by atoms with E-state index in [4.69, 9.17) is 16.3 Å². The molecule has 1 amide bonds. The average molecular weight is 456 g/mol. The number of hydrogen-bond acceptors (Lipinski definition) is 5. The van der Waals surface area contributed by atoms with E-state index in [2.05, 4.69) is 17.2 Å². The number of fused-ring (bicyclic) bond motifs is 1. The number of methoxy groups -OCH3 is 1. The van der Waals surface area contributed by atoms with E-state index in [9.17, 15) is 4.79 Å². The SMILES string of the molecule is COc1cc(NC(C)CCCN2C(=O)CSC2c2ccc(Cl)cc2)c2ncccc2c1. The summed E-state index contributed by atoms with van der Waals surface area (Å²) < 4.78 is 5.44. The van der Waals surface area contributed by atoms with E-state index in [0.29, 0.717) is 10.8 Å². The van der Waals surface area contributed by atoms with Crippen LogP contribution in [-0.4, -0.2) is 41.2 Å². The first-order chi connectivity index (χ1) is 15.0. The number of carbonyl (C=O) groups excluding carboxylic acids is 1. The molecule has 2 aromatic carbocycles. The Morgan fingerprint density at radius 2 is 2.10 bits per heavy atom. The minimum absolute atomic E-state index is 0.0690. The van der Waals surface area contributed by atoms with Crippen LogP contribution in [0.4, 0.5) is 5.69 Å². The van der Waals surface area contributed by atoms with Gasteiger partial charge in [-0.2, -0.15) is 0 Å². The Morgan fingerprint density at radius 3 is 2.87 bits per heavy atom. The van der Waals surface area contributed by atoms with Crippen LogP contribution in [0.5, 0.6) is 5.75 Å². The molecule has 2 unspecified atom stereocenters. The number of carbonyl (C=O) groups is 1. The molecular weight excluding hydrogens is 430 g/mol. The molecule has 0 radical (unpaired) electrons. The number of halogens is 1. The molecule has 0 saturated carbocycles. The molecule has 0 aliphatic carbocycles. The Hall–Kier alpha value is -2.44. The summed E-state index contributed by atoms with van der Waals surface area (Å²) in [6.07, 6.45) is 3.66. The molecule has 1 aromatic heterocycles. The topological polar surface area (TPSA) is 54.5 Å². The van der Waals surface area contributed by atoms with Crippen LogP contribution in [0.3, 0.4) is 0 Å². The van der Waals surface area contributed by atoms with E-state index in [-0.39, 0.29) is 17.3 Å². The maximum absolute atomic E-state index is 12.4. The highest BCUT2D eigenvalue weighted by Crippen LogP contribution is 2.39. The van der Waals surface area contributed by atoms with E-state index >= 15 is 0 Å². The summed E-state index contributed by atoms with van der Waals surface area (Å²) >= 11 is 7.70. The summed E-state index contributed by atoms with van der Waals surface area (Å²) in [5.74, 6) is 1.54. The second-order valence-electron chi connectivity index (χ2n) is 7.74. The number of hydrogen-bond donors (Lipinski definition) is 1. The molecule has 2 atom stereocenters. The van der Waals surface area contributed by atoms with Crippen LogP contribution in [0.15, 0.2) is 54.7 Å². The molecule has 1 aliphatic rings. The van der Waals surface area contributed by atoms with Gasteiger partial charge in [-0.1, -0.05) is 29.8 Å². The van der Waals surface area contributed by atoms with Crippen molar-refractivity contribution < 1.29 is 9.53 Å². The molecule has 0 bridgehead atoms. The van der Waals surface area contributed by atoms with E-state index in [1.165, 1.54) is 0 Å². The number of nitrogens with one attached hydrogen (secondary N) is 1. The average Bonchev–Trinajstić information content (AvgIpc) is 3.14. The van der Waals surface area contributed by atoms with Gasteiger partial charge < -0.3 is 15.0 Å². The van der Waals surface area contributed by atoms with Crippen molar-refractivity contribution in [1.82, 2.24) is 9.88 Å². The first-order valence-electron chi connectivity index (χ1n) is 10.4. The lowest BCUT2D eigenvalue weighted by molar-refractivity contribution is -0.128. The largest absolute Gasteiger partial charge is 0.497 e. The third-order valence-electron chi connectivity index (χ3n) is 5.48. The van der Waals surface area contributed by atoms with Crippen LogP contribution in [0.2, 0.25) is 5.02 Å². The molecule has 1 saturated heterocycles. The summed E-state index contributed by atoms with van der Waals surface area (Å²) in [6, 6.07) is 16.0. The van der Waals surface area contributed by atoms with Gasteiger partial charge in [0.1, 0.15) is 11.1 Å². The van der Waals surface area contributed by atoms with Gasteiger partial charge in [-0.3, -0.25) is 9.78 Å². The van der Waals surface area contributed by atoms with Crippen molar-refractivity contribution in [3.05, 3.63) is 65.3 Å². The van der Waals surface area contributed by atoms with Crippen molar-refractivity contribution in [2.45, 2.75) is 31.2 Å². The minimum atomic E-state index is 0.0690. The van der Waals surface area contributed by atoms with Gasteiger partial charge in [0, 0.05) is 35.3 Å². The Bertz CT molecular complexity index is 1060. The highest BCUT2D eigenvalue weighted by atomic mass is 35.5. The number of nitrogens with zero attached hydrogens (tertiary/aromatic N) is 2. The van der Waals surface area contributed by atoms with E-state index in [1.54, 1.807) is 25.1 Å². The second kappa shape index (κ2) is 9.79. The number of rotatable bonds is 8. The van der Waals surface area contributed by atoms with Gasteiger partial charge in [0.15, 0.2) is 0 Å². The molecular formula is C24H26ClN3O2S. The Morgan fingerprint density at radius 1 is 1.29 bits per heavy atom. The lowest BCUT2D eigenvalue weighted by Gasteiger charge is -2.25. The van der Waals surface area contributed by atoms with Crippen molar-refractivity contribution in [2.24, 2.45) is 0 Å². The van der Waals surface area contributed by atoms with Crippen LogP contribution < -0.4 is 10.1 Å². The van der Waals surface area contributed by atoms with E-state index < -0.39 is 0 Å². The minimum Gasteiger partial charge on any atom is -0.497 e. The van der Waals surface area contributed by atoms with Gasteiger partial charge in [-0.15, -0.1) is 11.8 Å². The molecule has 31 heavy (non-hydrogen) atoms. The number of pyridine rings is 1. The van der Waals surface area contributed by atoms with E-state index in [1.807, 2.05) is 53.4 Å². The number of amides is 1. The number of anilines is 1. The van der Waals surface area contributed by atoms with Crippen molar-refractivity contribution >= 4 is 45.9 Å². The summed E-state index contributed by atoms with van der Waals surface area (Å²) in [5, 5.41) is 5.40. The highest BCUT2D eigenvalue weighted by molar-refractivity contribution is 8.00. The van der Waals surface area contributed by atoms with Gasteiger partial charge in [0.2, 0.25) is 5.91 Å². The van der Waals surface area contributed by atoms with Gasteiger partial charge in [0.25, 0.3) is 0 Å². The molecule has 7 heteroatoms. The van der Waals surface area contributed by atoms with Crippen molar-refractivity contribution in [2.75, 3.05) is 24.7 Å².